The van der Waals surface area contributed by atoms with Crippen LogP contribution in [0.25, 0.3) is 0 Å². The molecule has 4 saturated heterocycles. The first kappa shape index (κ1) is 14.5. The molecule has 4 rings (SSSR count). The van der Waals surface area contributed by atoms with Gasteiger partial charge in [-0.25, -0.2) is 0 Å². The van der Waals surface area contributed by atoms with Gasteiger partial charge in [0.05, 0.1) is 17.5 Å². The molecule has 0 aromatic rings. The van der Waals surface area contributed by atoms with Crippen LogP contribution < -0.4 is 0 Å². The number of carbonyl (C=O) groups excluding carboxylic acids is 1. The van der Waals surface area contributed by atoms with E-state index in [0.717, 1.165) is 39.3 Å². The zero-order chi connectivity index (χ0) is 14.2. The highest BCUT2D eigenvalue weighted by molar-refractivity contribution is 5.93. The van der Waals surface area contributed by atoms with Crippen LogP contribution >= 0.6 is 0 Å². The SMILES string of the molecule is CCCCCCCCC12CN3CN(CC(C)(C3)C1=O)C2. The molecular weight excluding hydrogens is 248 g/mol. The quantitative estimate of drug-likeness (QED) is 0.669. The van der Waals surface area contributed by atoms with Crippen LogP contribution in [0.2, 0.25) is 0 Å². The Labute approximate surface area is 123 Å². The van der Waals surface area contributed by atoms with Crippen LogP contribution in [0.15, 0.2) is 0 Å². The molecule has 4 bridgehead atoms. The third-order valence-corrected chi connectivity index (χ3v) is 5.64. The molecule has 4 aliphatic rings. The van der Waals surface area contributed by atoms with Gasteiger partial charge in [0.25, 0.3) is 0 Å². The molecule has 3 heteroatoms. The van der Waals surface area contributed by atoms with Gasteiger partial charge >= 0.3 is 0 Å². The zero-order valence-corrected chi connectivity index (χ0v) is 13.3. The second kappa shape index (κ2) is 5.42. The van der Waals surface area contributed by atoms with Crippen molar-refractivity contribution in [2.75, 3.05) is 32.8 Å². The number of ketones is 1. The van der Waals surface area contributed by atoms with Gasteiger partial charge in [-0.1, -0.05) is 52.4 Å². The summed E-state index contributed by atoms with van der Waals surface area (Å²) in [6.45, 7) is 9.63. The summed E-state index contributed by atoms with van der Waals surface area (Å²) in [5.41, 5.74) is -0.0920. The Hall–Kier alpha value is -0.410. The summed E-state index contributed by atoms with van der Waals surface area (Å²) in [5.74, 6) is 0.589. The van der Waals surface area contributed by atoms with Gasteiger partial charge in [0.1, 0.15) is 5.78 Å². The van der Waals surface area contributed by atoms with Crippen molar-refractivity contribution in [3.63, 3.8) is 0 Å². The number of nitrogens with zero attached hydrogens (tertiary/aromatic N) is 2. The third kappa shape index (κ3) is 2.43. The lowest BCUT2D eigenvalue weighted by molar-refractivity contribution is -0.182. The van der Waals surface area contributed by atoms with Crippen molar-refractivity contribution in [2.24, 2.45) is 10.8 Å². The normalized spacial score (nSPS) is 42.4. The Morgan fingerprint density at radius 2 is 1.55 bits per heavy atom. The zero-order valence-electron chi connectivity index (χ0n) is 13.3. The monoisotopic (exact) mass is 278 g/mol. The Balaban J connectivity index is 1.56. The van der Waals surface area contributed by atoms with Crippen molar-refractivity contribution >= 4 is 5.78 Å². The van der Waals surface area contributed by atoms with Crippen molar-refractivity contribution in [3.8, 4) is 0 Å². The van der Waals surface area contributed by atoms with Gasteiger partial charge in [-0.05, 0) is 6.42 Å². The van der Waals surface area contributed by atoms with E-state index in [-0.39, 0.29) is 10.8 Å². The summed E-state index contributed by atoms with van der Waals surface area (Å²) in [6, 6.07) is 0. The molecule has 0 saturated carbocycles. The van der Waals surface area contributed by atoms with Crippen LogP contribution in [-0.4, -0.2) is 48.4 Å². The first-order chi connectivity index (χ1) is 9.58. The number of rotatable bonds is 7. The summed E-state index contributed by atoms with van der Waals surface area (Å²) in [7, 11) is 0. The van der Waals surface area contributed by atoms with Gasteiger partial charge in [0, 0.05) is 26.2 Å². The van der Waals surface area contributed by atoms with Crippen LogP contribution in [0, 0.1) is 10.8 Å². The number of hydrogen-bond donors (Lipinski definition) is 0. The van der Waals surface area contributed by atoms with E-state index in [4.69, 9.17) is 0 Å². The molecule has 0 aromatic heterocycles. The first-order valence-corrected chi connectivity index (χ1v) is 8.58. The highest BCUT2D eigenvalue weighted by Crippen LogP contribution is 2.48. The minimum Gasteiger partial charge on any atom is -0.298 e. The predicted octanol–water partition coefficient (Wildman–Crippen LogP) is 2.90. The first-order valence-electron chi connectivity index (χ1n) is 8.58. The standard InChI is InChI=1S/C17H30N2O/c1-3-4-5-6-7-8-9-17-12-18-10-16(2,15(17)20)11-19(13-17)14-18/h3-14H2,1-2H3. The molecule has 0 spiro atoms. The number of hydrogen-bond acceptors (Lipinski definition) is 3. The highest BCUT2D eigenvalue weighted by Gasteiger charge is 2.60. The fourth-order valence-corrected chi connectivity index (χ4v) is 4.98. The number of carbonyl (C=O) groups is 1. The second-order valence-electron chi connectivity index (χ2n) is 7.80. The van der Waals surface area contributed by atoms with Crippen molar-refractivity contribution in [1.82, 2.24) is 9.80 Å². The summed E-state index contributed by atoms with van der Waals surface area (Å²) in [6.07, 6.45) is 9.07. The van der Waals surface area contributed by atoms with E-state index in [1.54, 1.807) is 0 Å². The van der Waals surface area contributed by atoms with Crippen LogP contribution in [0.5, 0.6) is 0 Å². The molecule has 2 atom stereocenters. The van der Waals surface area contributed by atoms with E-state index in [9.17, 15) is 4.79 Å². The third-order valence-electron chi connectivity index (χ3n) is 5.64. The smallest absolute Gasteiger partial charge is 0.150 e. The van der Waals surface area contributed by atoms with Gasteiger partial charge in [-0.3, -0.25) is 14.6 Å². The van der Waals surface area contributed by atoms with Crippen LogP contribution in [-0.2, 0) is 4.79 Å². The molecule has 4 aliphatic heterocycles. The number of Topliss-reactive ketones (excluding diaryl/α,β-unsaturated/α-hetero) is 1. The molecule has 20 heavy (non-hydrogen) atoms. The van der Waals surface area contributed by atoms with Crippen molar-refractivity contribution in [1.29, 1.82) is 0 Å². The van der Waals surface area contributed by atoms with Gasteiger partial charge in [0.15, 0.2) is 0 Å². The molecule has 0 aromatic carbocycles. The van der Waals surface area contributed by atoms with E-state index in [1.165, 1.54) is 38.5 Å². The lowest BCUT2D eigenvalue weighted by Crippen LogP contribution is -2.75. The lowest BCUT2D eigenvalue weighted by Gasteiger charge is -2.62. The summed E-state index contributed by atoms with van der Waals surface area (Å²) >= 11 is 0. The van der Waals surface area contributed by atoms with E-state index in [1.807, 2.05) is 0 Å². The molecule has 3 nitrogen and oxygen atoms in total. The minimum atomic E-state index is -0.0725. The van der Waals surface area contributed by atoms with Crippen LogP contribution in [0.3, 0.4) is 0 Å². The number of unbranched alkanes of at least 4 members (excludes halogenated alkanes) is 5. The molecule has 0 amide bonds. The van der Waals surface area contributed by atoms with E-state index >= 15 is 0 Å². The molecule has 2 unspecified atom stereocenters. The average Bonchev–Trinajstić information content (AvgIpc) is 2.39. The van der Waals surface area contributed by atoms with Gasteiger partial charge in [-0.15, -0.1) is 0 Å². The Bertz CT molecular complexity index is 365. The van der Waals surface area contributed by atoms with Crippen molar-refractivity contribution in [2.45, 2.75) is 58.8 Å². The summed E-state index contributed by atoms with van der Waals surface area (Å²) in [4.78, 5) is 18.0. The maximum atomic E-state index is 12.9. The molecule has 4 fully saturated rings. The fourth-order valence-electron chi connectivity index (χ4n) is 4.98. The summed E-state index contributed by atoms with van der Waals surface area (Å²) in [5, 5.41) is 0. The van der Waals surface area contributed by atoms with Crippen molar-refractivity contribution in [3.05, 3.63) is 0 Å². The van der Waals surface area contributed by atoms with Gasteiger partial charge in [0.2, 0.25) is 0 Å². The Kier molecular flexibility index (Phi) is 3.93. The Morgan fingerprint density at radius 1 is 0.950 bits per heavy atom. The average molecular weight is 278 g/mol. The number of piperidine rings is 2. The second-order valence-corrected chi connectivity index (χ2v) is 7.80. The Morgan fingerprint density at radius 3 is 2.20 bits per heavy atom. The fraction of sp³-hybridized carbons (Fsp3) is 0.941. The summed E-state index contributed by atoms with van der Waals surface area (Å²) < 4.78 is 0. The van der Waals surface area contributed by atoms with E-state index < -0.39 is 0 Å². The molecule has 4 heterocycles. The lowest BCUT2D eigenvalue weighted by atomic mass is 9.60. The topological polar surface area (TPSA) is 23.6 Å². The highest BCUT2D eigenvalue weighted by atomic mass is 16.1. The maximum Gasteiger partial charge on any atom is 0.150 e. The largest absolute Gasteiger partial charge is 0.298 e. The molecule has 0 aliphatic carbocycles. The van der Waals surface area contributed by atoms with Gasteiger partial charge < -0.3 is 0 Å². The maximum absolute atomic E-state index is 12.9. The molecular formula is C17H30N2O. The molecule has 0 N–H and O–H groups in total. The molecule has 114 valence electrons. The van der Waals surface area contributed by atoms with E-state index in [0.29, 0.717) is 5.78 Å². The van der Waals surface area contributed by atoms with E-state index in [2.05, 4.69) is 23.6 Å². The predicted molar refractivity (Wildman–Crippen MR) is 81.6 cm³/mol. The molecule has 0 radical (unpaired) electrons. The minimum absolute atomic E-state index is 0.0196. The van der Waals surface area contributed by atoms with Gasteiger partial charge in [-0.2, -0.15) is 0 Å². The van der Waals surface area contributed by atoms with Crippen LogP contribution in [0.1, 0.15) is 58.8 Å². The van der Waals surface area contributed by atoms with Crippen LogP contribution in [0.4, 0.5) is 0 Å². The van der Waals surface area contributed by atoms with Crippen molar-refractivity contribution < 1.29 is 4.79 Å².